The van der Waals surface area contributed by atoms with Crippen LogP contribution in [0.25, 0.3) is 0 Å². The molecular weight excluding hydrogens is 424 g/mol. The molecule has 162 valence electrons. The van der Waals surface area contributed by atoms with Gasteiger partial charge in [0.25, 0.3) is 0 Å². The van der Waals surface area contributed by atoms with Crippen LogP contribution in [0, 0.1) is 0 Å². The highest BCUT2D eigenvalue weighted by Crippen LogP contribution is 2.31. The molecule has 1 aliphatic rings. The summed E-state index contributed by atoms with van der Waals surface area (Å²) in [6, 6.07) is 3.15. The van der Waals surface area contributed by atoms with Gasteiger partial charge in [-0.05, 0) is 31.0 Å². The maximum Gasteiger partial charge on any atom is 0.303 e. The standard InChI is InChI=1S/C17H24N2O8S2/c1-12(20)18-15-10-14(5-6-16(15)27-2)29(25,26)19(8-3-4-17(21)22)13-7-9-28(23,24)11-13/h5-6,10,13H,3-4,7-9,11H2,1-2H3,(H,18,20)(H,21,22)/t13-/m0/s1. The van der Waals surface area contributed by atoms with Crippen LogP contribution < -0.4 is 10.1 Å². The van der Waals surface area contributed by atoms with Gasteiger partial charge in [-0.15, -0.1) is 0 Å². The van der Waals surface area contributed by atoms with Crippen molar-refractivity contribution < 1.29 is 36.3 Å². The van der Waals surface area contributed by atoms with Gasteiger partial charge in [-0.3, -0.25) is 9.59 Å². The van der Waals surface area contributed by atoms with Gasteiger partial charge in [0.1, 0.15) is 5.75 Å². The van der Waals surface area contributed by atoms with Crippen molar-refractivity contribution in [1.29, 1.82) is 0 Å². The second-order valence-corrected chi connectivity index (χ2v) is 10.8. The first-order chi connectivity index (χ1) is 13.5. The molecule has 0 radical (unpaired) electrons. The molecule has 1 saturated heterocycles. The molecule has 2 N–H and O–H groups in total. The lowest BCUT2D eigenvalue weighted by molar-refractivity contribution is -0.137. The van der Waals surface area contributed by atoms with Crippen molar-refractivity contribution in [3.63, 3.8) is 0 Å². The number of nitrogens with one attached hydrogen (secondary N) is 1. The van der Waals surface area contributed by atoms with Gasteiger partial charge >= 0.3 is 5.97 Å². The van der Waals surface area contributed by atoms with Crippen molar-refractivity contribution in [1.82, 2.24) is 4.31 Å². The van der Waals surface area contributed by atoms with E-state index >= 15 is 0 Å². The molecule has 0 aromatic heterocycles. The van der Waals surface area contributed by atoms with E-state index < -0.39 is 37.8 Å². The number of sulfonamides is 1. The summed E-state index contributed by atoms with van der Waals surface area (Å²) in [5, 5.41) is 11.4. The Morgan fingerprint density at radius 2 is 2.03 bits per heavy atom. The number of rotatable bonds is 9. The lowest BCUT2D eigenvalue weighted by atomic mass is 10.2. The average molecular weight is 449 g/mol. The highest BCUT2D eigenvalue weighted by molar-refractivity contribution is 7.92. The number of methoxy groups -OCH3 is 1. The molecule has 1 fully saturated rings. The summed E-state index contributed by atoms with van der Waals surface area (Å²) in [5.74, 6) is -1.66. The van der Waals surface area contributed by atoms with Gasteiger partial charge in [0.2, 0.25) is 15.9 Å². The molecule has 0 saturated carbocycles. The second-order valence-electron chi connectivity index (χ2n) is 6.71. The first-order valence-electron chi connectivity index (χ1n) is 8.86. The first-order valence-corrected chi connectivity index (χ1v) is 12.1. The summed E-state index contributed by atoms with van der Waals surface area (Å²) in [4.78, 5) is 22.1. The normalized spacial score (nSPS) is 18.5. The number of aliphatic carboxylic acids is 1. The summed E-state index contributed by atoms with van der Waals surface area (Å²) in [5.41, 5.74) is 0.158. The number of carbonyl (C=O) groups excluding carboxylic acids is 1. The summed E-state index contributed by atoms with van der Waals surface area (Å²) >= 11 is 0. The van der Waals surface area contributed by atoms with Gasteiger partial charge in [-0.2, -0.15) is 4.31 Å². The number of carboxylic acids is 1. The van der Waals surface area contributed by atoms with Crippen LogP contribution in [0.15, 0.2) is 23.1 Å². The van der Waals surface area contributed by atoms with Gasteiger partial charge in [0, 0.05) is 25.9 Å². The average Bonchev–Trinajstić information content (AvgIpc) is 2.97. The minimum absolute atomic E-state index is 0.0415. The zero-order chi connectivity index (χ0) is 21.8. The number of carbonyl (C=O) groups is 2. The molecule has 1 aliphatic heterocycles. The van der Waals surface area contributed by atoms with Gasteiger partial charge in [0.05, 0.1) is 29.2 Å². The fraction of sp³-hybridized carbons (Fsp3) is 0.529. The molecule has 1 heterocycles. The topological polar surface area (TPSA) is 147 Å². The van der Waals surface area contributed by atoms with E-state index in [1.54, 1.807) is 0 Å². The quantitative estimate of drug-likeness (QED) is 0.561. The predicted octanol–water partition coefficient (Wildman–Crippen LogP) is 0.696. The maximum absolute atomic E-state index is 13.3. The number of amides is 1. The van der Waals surface area contributed by atoms with Crippen LogP contribution in [0.1, 0.15) is 26.2 Å². The van der Waals surface area contributed by atoms with Crippen LogP contribution in [-0.4, -0.2) is 69.3 Å². The molecule has 12 heteroatoms. The Morgan fingerprint density at radius 3 is 2.55 bits per heavy atom. The van der Waals surface area contributed by atoms with E-state index in [-0.39, 0.29) is 53.6 Å². The van der Waals surface area contributed by atoms with Crippen LogP contribution in [0.2, 0.25) is 0 Å². The minimum Gasteiger partial charge on any atom is -0.495 e. The van der Waals surface area contributed by atoms with Gasteiger partial charge in [0.15, 0.2) is 9.84 Å². The lowest BCUT2D eigenvalue weighted by Gasteiger charge is -2.27. The van der Waals surface area contributed by atoms with Crippen molar-refractivity contribution >= 4 is 37.4 Å². The summed E-state index contributed by atoms with van der Waals surface area (Å²) < 4.78 is 56.5. The van der Waals surface area contributed by atoms with E-state index in [1.165, 1.54) is 32.2 Å². The number of benzene rings is 1. The van der Waals surface area contributed by atoms with Crippen LogP contribution in [-0.2, 0) is 29.4 Å². The fourth-order valence-electron chi connectivity index (χ4n) is 3.16. The molecule has 1 aromatic carbocycles. The first kappa shape index (κ1) is 23.1. The number of nitrogens with zero attached hydrogens (tertiary/aromatic N) is 1. The maximum atomic E-state index is 13.3. The number of anilines is 1. The predicted molar refractivity (Wildman–Crippen MR) is 105 cm³/mol. The van der Waals surface area contributed by atoms with E-state index in [1.807, 2.05) is 0 Å². The number of ether oxygens (including phenoxy) is 1. The van der Waals surface area contributed by atoms with E-state index in [0.29, 0.717) is 0 Å². The molecule has 0 unspecified atom stereocenters. The molecule has 2 rings (SSSR count). The smallest absolute Gasteiger partial charge is 0.303 e. The second kappa shape index (κ2) is 9.09. The van der Waals surface area contributed by atoms with E-state index in [0.717, 1.165) is 4.31 Å². The zero-order valence-corrected chi connectivity index (χ0v) is 17.8. The molecule has 10 nitrogen and oxygen atoms in total. The van der Waals surface area contributed by atoms with E-state index in [9.17, 15) is 26.4 Å². The van der Waals surface area contributed by atoms with Crippen LogP contribution >= 0.6 is 0 Å². The Balaban J connectivity index is 2.42. The Labute approximate surface area is 169 Å². The fourth-order valence-corrected chi connectivity index (χ4v) is 6.70. The van der Waals surface area contributed by atoms with E-state index in [4.69, 9.17) is 9.84 Å². The van der Waals surface area contributed by atoms with Gasteiger partial charge in [-0.1, -0.05) is 0 Å². The van der Waals surface area contributed by atoms with Crippen molar-refractivity contribution in [3.8, 4) is 5.75 Å². The van der Waals surface area contributed by atoms with Crippen LogP contribution in [0.5, 0.6) is 5.75 Å². The van der Waals surface area contributed by atoms with E-state index in [2.05, 4.69) is 5.32 Å². The summed E-state index contributed by atoms with van der Waals surface area (Å²) in [6.07, 6.45) is -0.0611. The highest BCUT2D eigenvalue weighted by atomic mass is 32.2. The Hall–Kier alpha value is -2.18. The van der Waals surface area contributed by atoms with Gasteiger partial charge < -0.3 is 15.2 Å². The highest BCUT2D eigenvalue weighted by Gasteiger charge is 2.38. The molecule has 1 aromatic rings. The third-order valence-electron chi connectivity index (χ3n) is 4.47. The van der Waals surface area contributed by atoms with Crippen molar-refractivity contribution in [2.45, 2.75) is 37.1 Å². The number of hydrogen-bond donors (Lipinski definition) is 2. The SMILES string of the molecule is COc1ccc(S(=O)(=O)N(CCCC(=O)O)[C@H]2CCS(=O)(=O)C2)cc1NC(C)=O. The van der Waals surface area contributed by atoms with Crippen LogP contribution in [0.4, 0.5) is 5.69 Å². The molecule has 0 bridgehead atoms. The third-order valence-corrected chi connectivity index (χ3v) is 8.17. The Morgan fingerprint density at radius 1 is 1.34 bits per heavy atom. The zero-order valence-electron chi connectivity index (χ0n) is 16.1. The monoisotopic (exact) mass is 448 g/mol. The summed E-state index contributed by atoms with van der Waals surface area (Å²) in [7, 11) is -6.13. The molecule has 0 spiro atoms. The Bertz CT molecular complexity index is 989. The third kappa shape index (κ3) is 5.90. The Kier molecular flexibility index (Phi) is 7.25. The number of carboxylic acid groups (broad SMARTS) is 1. The molecule has 0 aliphatic carbocycles. The molecular formula is C17H24N2O8S2. The van der Waals surface area contributed by atoms with Gasteiger partial charge in [-0.25, -0.2) is 16.8 Å². The van der Waals surface area contributed by atoms with Crippen molar-refractivity contribution in [2.75, 3.05) is 30.5 Å². The summed E-state index contributed by atoms with van der Waals surface area (Å²) in [6.45, 7) is 1.14. The number of hydrogen-bond acceptors (Lipinski definition) is 7. The van der Waals surface area contributed by atoms with Crippen molar-refractivity contribution in [3.05, 3.63) is 18.2 Å². The molecule has 29 heavy (non-hydrogen) atoms. The molecule has 1 atom stereocenters. The lowest BCUT2D eigenvalue weighted by Crippen LogP contribution is -2.41. The van der Waals surface area contributed by atoms with Crippen molar-refractivity contribution in [2.24, 2.45) is 0 Å². The number of sulfone groups is 1. The minimum atomic E-state index is -4.15. The van der Waals surface area contributed by atoms with Crippen LogP contribution in [0.3, 0.4) is 0 Å². The molecule has 1 amide bonds. The largest absolute Gasteiger partial charge is 0.495 e.